The van der Waals surface area contributed by atoms with Gasteiger partial charge in [0.25, 0.3) is 10.0 Å². The molecule has 1 fully saturated rings. The van der Waals surface area contributed by atoms with E-state index in [2.05, 4.69) is 10.3 Å². The number of hydrogen-bond acceptors (Lipinski definition) is 6. The van der Waals surface area contributed by atoms with Gasteiger partial charge in [0.15, 0.2) is 0 Å². The van der Waals surface area contributed by atoms with Crippen LogP contribution >= 0.6 is 11.6 Å². The zero-order chi connectivity index (χ0) is 23.9. The topological polar surface area (TPSA) is 103 Å². The van der Waals surface area contributed by atoms with E-state index in [1.807, 2.05) is 18.2 Å². The highest BCUT2D eigenvalue weighted by atomic mass is 35.5. The lowest BCUT2D eigenvalue weighted by Crippen LogP contribution is -2.35. The SMILES string of the molecule is Cc1c(-c2nc(NC3CCCC(N)C3)ncc2Cl)c2ccccc2n1S(=O)(=O)c1ccccc1. The average Bonchev–Trinajstić information content (AvgIpc) is 3.13. The summed E-state index contributed by atoms with van der Waals surface area (Å²) >= 11 is 6.58. The van der Waals surface area contributed by atoms with E-state index in [9.17, 15) is 8.42 Å². The summed E-state index contributed by atoms with van der Waals surface area (Å²) in [6.45, 7) is 1.78. The molecule has 1 aliphatic carbocycles. The third-order valence-electron chi connectivity index (χ3n) is 6.37. The maximum atomic E-state index is 13.6. The van der Waals surface area contributed by atoms with E-state index in [0.29, 0.717) is 33.4 Å². The number of halogens is 1. The predicted molar refractivity (Wildman–Crippen MR) is 136 cm³/mol. The van der Waals surface area contributed by atoms with Gasteiger partial charge in [-0.25, -0.2) is 22.4 Å². The number of benzene rings is 2. The van der Waals surface area contributed by atoms with Crippen LogP contribution in [0.5, 0.6) is 0 Å². The first-order valence-electron chi connectivity index (χ1n) is 11.3. The Bertz CT molecular complexity index is 1450. The van der Waals surface area contributed by atoms with Crippen LogP contribution in [-0.4, -0.2) is 34.4 Å². The number of nitrogens with zero attached hydrogens (tertiary/aromatic N) is 3. The first-order chi connectivity index (χ1) is 16.4. The number of nitrogens with one attached hydrogen (secondary N) is 1. The van der Waals surface area contributed by atoms with Gasteiger partial charge in [0.05, 0.1) is 27.3 Å². The molecule has 0 spiro atoms. The van der Waals surface area contributed by atoms with Crippen molar-refractivity contribution in [2.24, 2.45) is 5.73 Å². The summed E-state index contributed by atoms with van der Waals surface area (Å²) in [7, 11) is -3.83. The van der Waals surface area contributed by atoms with E-state index in [1.54, 1.807) is 49.5 Å². The van der Waals surface area contributed by atoms with E-state index in [4.69, 9.17) is 22.3 Å². The molecule has 2 unspecified atom stereocenters. The van der Waals surface area contributed by atoms with E-state index in [1.165, 1.54) is 3.97 Å². The standard InChI is InChI=1S/C25H26ClN5O2S/c1-16-23(24-21(26)15-28-25(30-24)29-18-9-7-8-17(27)14-18)20-12-5-6-13-22(20)31(16)34(32,33)19-10-3-2-4-11-19/h2-6,10-13,15,17-18H,7-9,14,27H2,1H3,(H,28,29,30). The largest absolute Gasteiger partial charge is 0.351 e. The minimum Gasteiger partial charge on any atom is -0.351 e. The van der Waals surface area contributed by atoms with Gasteiger partial charge in [0.1, 0.15) is 0 Å². The van der Waals surface area contributed by atoms with Crippen LogP contribution < -0.4 is 11.1 Å². The van der Waals surface area contributed by atoms with Crippen molar-refractivity contribution in [1.82, 2.24) is 13.9 Å². The van der Waals surface area contributed by atoms with E-state index < -0.39 is 10.0 Å². The number of anilines is 1. The van der Waals surface area contributed by atoms with Gasteiger partial charge in [-0.05, 0) is 50.8 Å². The Morgan fingerprint density at radius 2 is 1.82 bits per heavy atom. The summed E-state index contributed by atoms with van der Waals surface area (Å²) in [6, 6.07) is 16.2. The molecule has 4 aromatic rings. The average molecular weight is 496 g/mol. The molecule has 0 amide bonds. The molecule has 0 aliphatic heterocycles. The molecule has 3 N–H and O–H groups in total. The highest BCUT2D eigenvalue weighted by Crippen LogP contribution is 2.39. The van der Waals surface area contributed by atoms with Crippen LogP contribution in [0.15, 0.2) is 65.7 Å². The molecular weight excluding hydrogens is 470 g/mol. The molecule has 2 atom stereocenters. The summed E-state index contributed by atoms with van der Waals surface area (Å²) < 4.78 is 28.6. The summed E-state index contributed by atoms with van der Waals surface area (Å²) in [4.78, 5) is 9.33. The van der Waals surface area contributed by atoms with Crippen molar-refractivity contribution in [3.8, 4) is 11.3 Å². The Morgan fingerprint density at radius 1 is 1.09 bits per heavy atom. The zero-order valence-electron chi connectivity index (χ0n) is 18.8. The van der Waals surface area contributed by atoms with Crippen molar-refractivity contribution in [2.45, 2.75) is 49.6 Å². The Hall–Kier alpha value is -2.94. The molecule has 34 heavy (non-hydrogen) atoms. The fourth-order valence-corrected chi connectivity index (χ4v) is 6.57. The van der Waals surface area contributed by atoms with E-state index >= 15 is 0 Å². The second-order valence-corrected chi connectivity index (χ2v) is 10.9. The summed E-state index contributed by atoms with van der Waals surface area (Å²) in [5.74, 6) is 0.459. The van der Waals surface area contributed by atoms with Crippen LogP contribution in [-0.2, 0) is 10.0 Å². The van der Waals surface area contributed by atoms with Gasteiger partial charge in [-0.1, -0.05) is 48.0 Å². The van der Waals surface area contributed by atoms with Crippen molar-refractivity contribution >= 4 is 38.5 Å². The van der Waals surface area contributed by atoms with Gasteiger partial charge in [-0.3, -0.25) is 0 Å². The monoisotopic (exact) mass is 495 g/mol. The zero-order valence-corrected chi connectivity index (χ0v) is 20.4. The summed E-state index contributed by atoms with van der Waals surface area (Å²) in [5, 5.41) is 4.50. The number of nitrogens with two attached hydrogens (primary N) is 1. The van der Waals surface area contributed by atoms with Crippen molar-refractivity contribution in [1.29, 1.82) is 0 Å². The fraction of sp³-hybridized carbons (Fsp3) is 0.280. The van der Waals surface area contributed by atoms with Gasteiger partial charge in [0, 0.05) is 28.7 Å². The molecule has 0 radical (unpaired) electrons. The molecule has 176 valence electrons. The maximum absolute atomic E-state index is 13.6. The normalized spacial score (nSPS) is 18.8. The predicted octanol–water partition coefficient (Wildman–Crippen LogP) is 4.98. The molecule has 1 saturated carbocycles. The van der Waals surface area contributed by atoms with Gasteiger partial charge < -0.3 is 11.1 Å². The number of aromatic nitrogens is 3. The lowest BCUT2D eigenvalue weighted by atomic mass is 9.92. The molecule has 0 saturated heterocycles. The molecule has 1 aliphatic rings. The molecule has 0 bridgehead atoms. The minimum atomic E-state index is -3.83. The van der Waals surface area contributed by atoms with Crippen molar-refractivity contribution in [2.75, 3.05) is 5.32 Å². The van der Waals surface area contributed by atoms with Crippen LogP contribution in [0, 0.1) is 6.92 Å². The number of para-hydroxylation sites is 1. The first kappa shape index (κ1) is 22.8. The molecule has 2 aromatic heterocycles. The molecule has 9 heteroatoms. The summed E-state index contributed by atoms with van der Waals surface area (Å²) in [5.41, 5.74) is 8.41. The quantitative estimate of drug-likeness (QED) is 0.405. The molecule has 2 heterocycles. The van der Waals surface area contributed by atoms with Gasteiger partial charge in [-0.2, -0.15) is 0 Å². The van der Waals surface area contributed by atoms with Crippen molar-refractivity contribution in [3.05, 3.63) is 71.5 Å². The third kappa shape index (κ3) is 4.06. The number of fused-ring (bicyclic) bond motifs is 1. The molecule has 5 rings (SSSR count). The first-order valence-corrected chi connectivity index (χ1v) is 13.1. The van der Waals surface area contributed by atoms with Gasteiger partial charge in [0.2, 0.25) is 5.95 Å². The molecule has 7 nitrogen and oxygen atoms in total. The maximum Gasteiger partial charge on any atom is 0.268 e. The Morgan fingerprint density at radius 3 is 2.59 bits per heavy atom. The van der Waals surface area contributed by atoms with Crippen LogP contribution in [0.25, 0.3) is 22.2 Å². The number of rotatable bonds is 5. The van der Waals surface area contributed by atoms with Gasteiger partial charge in [-0.15, -0.1) is 0 Å². The second kappa shape index (κ2) is 9.02. The smallest absolute Gasteiger partial charge is 0.268 e. The Kier molecular flexibility index (Phi) is 6.06. The van der Waals surface area contributed by atoms with Gasteiger partial charge >= 0.3 is 0 Å². The highest BCUT2D eigenvalue weighted by Gasteiger charge is 2.27. The molecule has 2 aromatic carbocycles. The lowest BCUT2D eigenvalue weighted by molar-refractivity contribution is 0.408. The number of hydrogen-bond donors (Lipinski definition) is 2. The van der Waals surface area contributed by atoms with E-state index in [0.717, 1.165) is 31.1 Å². The van der Waals surface area contributed by atoms with Crippen LogP contribution in [0.2, 0.25) is 5.02 Å². The minimum absolute atomic E-state index is 0.168. The summed E-state index contributed by atoms with van der Waals surface area (Å²) in [6.07, 6.45) is 5.51. The van der Waals surface area contributed by atoms with E-state index in [-0.39, 0.29) is 17.0 Å². The Balaban J connectivity index is 1.65. The van der Waals surface area contributed by atoms with Crippen molar-refractivity contribution < 1.29 is 8.42 Å². The van der Waals surface area contributed by atoms with Crippen molar-refractivity contribution in [3.63, 3.8) is 0 Å². The van der Waals surface area contributed by atoms with Crippen LogP contribution in [0.3, 0.4) is 0 Å². The lowest BCUT2D eigenvalue weighted by Gasteiger charge is -2.27. The molecular formula is C25H26ClN5O2S. The van der Waals surface area contributed by atoms with Crippen LogP contribution in [0.1, 0.15) is 31.4 Å². The third-order valence-corrected chi connectivity index (χ3v) is 8.46. The highest BCUT2D eigenvalue weighted by molar-refractivity contribution is 7.90. The van der Waals surface area contributed by atoms with Crippen LogP contribution in [0.4, 0.5) is 5.95 Å². The fourth-order valence-electron chi connectivity index (χ4n) is 4.80. The Labute approximate surface area is 204 Å². The second-order valence-electron chi connectivity index (χ2n) is 8.72.